The number of pyridine rings is 1. The van der Waals surface area contributed by atoms with Crippen LogP contribution in [-0.2, 0) is 16.0 Å². The second-order valence-corrected chi connectivity index (χ2v) is 9.61. The second kappa shape index (κ2) is 9.10. The molecule has 1 saturated carbocycles. The van der Waals surface area contributed by atoms with E-state index in [2.05, 4.69) is 15.6 Å². The fraction of sp³-hybridized carbons (Fsp3) is 0.440. The van der Waals surface area contributed by atoms with Crippen molar-refractivity contribution in [3.8, 4) is 0 Å². The first-order chi connectivity index (χ1) is 15.1. The number of nitrogen functional groups attached to an aromatic ring is 1. The summed E-state index contributed by atoms with van der Waals surface area (Å²) in [5, 5.41) is 5.83. The van der Waals surface area contributed by atoms with E-state index in [4.69, 9.17) is 5.73 Å². The molecule has 1 aliphatic carbocycles. The number of hydrogen-bond donors (Lipinski definition) is 3. The molecule has 0 unspecified atom stereocenters. The predicted octanol–water partition coefficient (Wildman–Crippen LogP) is 2.76. The van der Waals surface area contributed by atoms with Crippen molar-refractivity contribution in [1.29, 1.82) is 0 Å². The fourth-order valence-electron chi connectivity index (χ4n) is 4.22. The molecule has 0 radical (unpaired) electrons. The first kappa shape index (κ1) is 23.4. The van der Waals surface area contributed by atoms with E-state index in [0.29, 0.717) is 24.2 Å². The quantitative estimate of drug-likeness (QED) is 0.334. The van der Waals surface area contributed by atoms with E-state index in [9.17, 15) is 14.4 Å². The number of rotatable bonds is 8. The van der Waals surface area contributed by atoms with Crippen molar-refractivity contribution in [3.05, 3.63) is 59.9 Å². The van der Waals surface area contributed by atoms with Crippen LogP contribution in [0.4, 0.5) is 5.69 Å². The zero-order valence-electron chi connectivity index (χ0n) is 19.1. The number of para-hydroxylation sites is 1. The maximum Gasteiger partial charge on any atom is 0.225 e. The standard InChI is InChI=1S/C25H32N4O3/c1-24(2,3)29-23(32)20-19(22(31)28-15-9-11-16-10-7-8-14-27-16)25(20,4)21(30)17-12-5-6-13-18(17)26/h5-8,10,12-14,19-20H,9,11,15,26H2,1-4H3,(H,28,31)(H,29,32)/t19-,20+,25+/m0/s1. The lowest BCUT2D eigenvalue weighted by atomic mass is 9.91. The van der Waals surface area contributed by atoms with Gasteiger partial charge in [0.25, 0.3) is 0 Å². The molecule has 2 aromatic rings. The number of ketones is 1. The maximum atomic E-state index is 13.4. The van der Waals surface area contributed by atoms with Gasteiger partial charge in [-0.15, -0.1) is 0 Å². The molecule has 4 N–H and O–H groups in total. The Morgan fingerprint density at radius 1 is 1.03 bits per heavy atom. The molecule has 0 bridgehead atoms. The van der Waals surface area contributed by atoms with Gasteiger partial charge in [0, 0.05) is 35.2 Å². The molecule has 0 spiro atoms. The Bertz CT molecular complexity index is 1000. The Labute approximate surface area is 189 Å². The lowest BCUT2D eigenvalue weighted by molar-refractivity contribution is -0.128. The first-order valence-corrected chi connectivity index (χ1v) is 10.9. The summed E-state index contributed by atoms with van der Waals surface area (Å²) < 4.78 is 0. The average molecular weight is 437 g/mol. The minimum Gasteiger partial charge on any atom is -0.398 e. The third-order valence-corrected chi connectivity index (χ3v) is 5.91. The molecule has 1 aromatic carbocycles. The van der Waals surface area contributed by atoms with E-state index in [1.54, 1.807) is 37.4 Å². The van der Waals surface area contributed by atoms with Gasteiger partial charge in [-0.2, -0.15) is 0 Å². The van der Waals surface area contributed by atoms with Crippen LogP contribution in [0.25, 0.3) is 0 Å². The minimum atomic E-state index is -1.14. The Morgan fingerprint density at radius 3 is 2.31 bits per heavy atom. The summed E-state index contributed by atoms with van der Waals surface area (Å²) in [4.78, 5) is 43.7. The molecule has 0 saturated heterocycles. The molecule has 0 aliphatic heterocycles. The summed E-state index contributed by atoms with van der Waals surface area (Å²) in [6.07, 6.45) is 3.18. The van der Waals surface area contributed by atoms with Gasteiger partial charge in [-0.25, -0.2) is 0 Å². The number of hydrogen-bond acceptors (Lipinski definition) is 5. The summed E-state index contributed by atoms with van der Waals surface area (Å²) in [5.41, 5.74) is 6.04. The molecule has 170 valence electrons. The summed E-state index contributed by atoms with van der Waals surface area (Å²) >= 11 is 0. The highest BCUT2D eigenvalue weighted by molar-refractivity contribution is 6.14. The zero-order valence-corrected chi connectivity index (χ0v) is 19.1. The molecular weight excluding hydrogens is 404 g/mol. The highest BCUT2D eigenvalue weighted by atomic mass is 16.2. The Morgan fingerprint density at radius 2 is 1.69 bits per heavy atom. The largest absolute Gasteiger partial charge is 0.398 e. The van der Waals surface area contributed by atoms with E-state index in [1.807, 2.05) is 39.0 Å². The zero-order chi connectivity index (χ0) is 23.5. The SMILES string of the molecule is CC(C)(C)NC(=O)[C@H]1[C@@H](C(=O)NCCCc2ccccn2)[C@@]1(C)C(=O)c1ccccc1N. The van der Waals surface area contributed by atoms with Crippen molar-refractivity contribution in [3.63, 3.8) is 0 Å². The van der Waals surface area contributed by atoms with Crippen LogP contribution in [0.3, 0.4) is 0 Å². The van der Waals surface area contributed by atoms with Crippen molar-refractivity contribution in [2.75, 3.05) is 12.3 Å². The molecule has 7 nitrogen and oxygen atoms in total. The van der Waals surface area contributed by atoms with Gasteiger partial charge < -0.3 is 16.4 Å². The average Bonchev–Trinajstić information content (AvgIpc) is 3.38. The number of carbonyl (C=O) groups is 3. The first-order valence-electron chi connectivity index (χ1n) is 10.9. The number of aromatic nitrogens is 1. The van der Waals surface area contributed by atoms with E-state index in [0.717, 1.165) is 12.1 Å². The van der Waals surface area contributed by atoms with Gasteiger partial charge in [-0.3, -0.25) is 19.4 Å². The third kappa shape index (κ3) is 4.98. The Hall–Kier alpha value is -3.22. The van der Waals surface area contributed by atoms with Gasteiger partial charge in [0.2, 0.25) is 11.8 Å². The van der Waals surface area contributed by atoms with Crippen LogP contribution < -0.4 is 16.4 Å². The normalized spacial score (nSPS) is 22.1. The van der Waals surface area contributed by atoms with Gasteiger partial charge in [-0.1, -0.05) is 25.1 Å². The Balaban J connectivity index is 1.73. The third-order valence-electron chi connectivity index (χ3n) is 5.91. The van der Waals surface area contributed by atoms with Crippen LogP contribution in [-0.4, -0.2) is 34.7 Å². The number of nitrogens with zero attached hydrogens (tertiary/aromatic N) is 1. The molecular formula is C25H32N4O3. The van der Waals surface area contributed by atoms with Crippen molar-refractivity contribution in [2.24, 2.45) is 17.3 Å². The van der Waals surface area contributed by atoms with Gasteiger partial charge >= 0.3 is 0 Å². The number of carbonyl (C=O) groups excluding carboxylic acids is 3. The summed E-state index contributed by atoms with van der Waals surface area (Å²) in [5.74, 6) is -2.35. The highest BCUT2D eigenvalue weighted by Gasteiger charge is 2.72. The van der Waals surface area contributed by atoms with Gasteiger partial charge in [0.15, 0.2) is 5.78 Å². The van der Waals surface area contributed by atoms with Gasteiger partial charge in [-0.05, 0) is 57.9 Å². The number of nitrogens with two attached hydrogens (primary N) is 1. The van der Waals surface area contributed by atoms with E-state index in [1.165, 1.54) is 0 Å². The fourth-order valence-corrected chi connectivity index (χ4v) is 4.22. The van der Waals surface area contributed by atoms with Crippen molar-refractivity contribution < 1.29 is 14.4 Å². The molecule has 2 amide bonds. The van der Waals surface area contributed by atoms with Crippen LogP contribution in [0.1, 0.15) is 50.2 Å². The van der Waals surface area contributed by atoms with Crippen molar-refractivity contribution in [2.45, 2.75) is 46.1 Å². The summed E-state index contributed by atoms with van der Waals surface area (Å²) in [6, 6.07) is 12.5. The van der Waals surface area contributed by atoms with Crippen LogP contribution in [0, 0.1) is 17.3 Å². The monoisotopic (exact) mass is 436 g/mol. The van der Waals surface area contributed by atoms with Crippen LogP contribution in [0.15, 0.2) is 48.7 Å². The number of amides is 2. The second-order valence-electron chi connectivity index (χ2n) is 9.61. The molecule has 7 heteroatoms. The molecule has 1 heterocycles. The van der Waals surface area contributed by atoms with E-state index < -0.39 is 22.8 Å². The number of nitrogens with one attached hydrogen (secondary N) is 2. The van der Waals surface area contributed by atoms with Gasteiger partial charge in [0.1, 0.15) is 0 Å². The van der Waals surface area contributed by atoms with Crippen LogP contribution >= 0.6 is 0 Å². The predicted molar refractivity (Wildman–Crippen MR) is 124 cm³/mol. The smallest absolute Gasteiger partial charge is 0.225 e. The number of Topliss-reactive ketones (excluding diaryl/α,β-unsaturated/α-hetero) is 1. The number of benzene rings is 1. The van der Waals surface area contributed by atoms with Crippen molar-refractivity contribution in [1.82, 2.24) is 15.6 Å². The number of anilines is 1. The minimum absolute atomic E-state index is 0.279. The summed E-state index contributed by atoms with van der Waals surface area (Å²) in [6.45, 7) is 7.74. The van der Waals surface area contributed by atoms with E-state index >= 15 is 0 Å². The number of aryl methyl sites for hydroxylation is 1. The van der Waals surface area contributed by atoms with Crippen LogP contribution in [0.5, 0.6) is 0 Å². The Kier molecular flexibility index (Phi) is 6.67. The molecule has 1 aliphatic rings. The highest BCUT2D eigenvalue weighted by Crippen LogP contribution is 2.60. The van der Waals surface area contributed by atoms with E-state index in [-0.39, 0.29) is 17.6 Å². The molecule has 3 rings (SSSR count). The van der Waals surface area contributed by atoms with Crippen molar-refractivity contribution >= 4 is 23.3 Å². The molecule has 3 atom stereocenters. The molecule has 32 heavy (non-hydrogen) atoms. The van der Waals surface area contributed by atoms with Gasteiger partial charge in [0.05, 0.1) is 17.3 Å². The molecule has 1 aromatic heterocycles. The topological polar surface area (TPSA) is 114 Å². The maximum absolute atomic E-state index is 13.4. The van der Waals surface area contributed by atoms with Crippen LogP contribution in [0.2, 0.25) is 0 Å². The summed E-state index contributed by atoms with van der Waals surface area (Å²) in [7, 11) is 0. The lowest BCUT2D eigenvalue weighted by Gasteiger charge is -2.21. The molecule has 1 fully saturated rings. The lowest BCUT2D eigenvalue weighted by Crippen LogP contribution is -2.43.